The quantitative estimate of drug-likeness (QED) is 0.892. The number of aliphatic hydroxyl groups is 1. The van der Waals surface area contributed by atoms with Gasteiger partial charge < -0.3 is 5.11 Å². The molecule has 1 fully saturated rings. The first kappa shape index (κ1) is 12.9. The molecule has 1 unspecified atom stereocenters. The molecule has 2 nitrogen and oxygen atoms in total. The van der Waals surface area contributed by atoms with Crippen LogP contribution in [-0.2, 0) is 6.42 Å². The normalized spacial score (nSPS) is 21.6. The van der Waals surface area contributed by atoms with Gasteiger partial charge in [0, 0.05) is 17.6 Å². The van der Waals surface area contributed by atoms with E-state index in [1.54, 1.807) is 0 Å². The minimum Gasteiger partial charge on any atom is -0.395 e. The highest BCUT2D eigenvalue weighted by Crippen LogP contribution is 2.17. The van der Waals surface area contributed by atoms with E-state index in [4.69, 9.17) is 11.6 Å². The molecule has 1 heterocycles. The highest BCUT2D eigenvalue weighted by atomic mass is 35.5. The number of piperidine rings is 1. The first-order valence-electron chi connectivity index (χ1n) is 6.39. The Morgan fingerprint density at radius 1 is 1.24 bits per heavy atom. The number of hydrogen-bond donors (Lipinski definition) is 1. The molecule has 1 aromatic carbocycles. The lowest BCUT2D eigenvalue weighted by Gasteiger charge is -2.34. The second-order valence-corrected chi connectivity index (χ2v) is 5.18. The largest absolute Gasteiger partial charge is 0.395 e. The molecule has 1 N–H and O–H groups in total. The van der Waals surface area contributed by atoms with Gasteiger partial charge in [0.05, 0.1) is 6.61 Å². The number of rotatable bonds is 4. The third-order valence-electron chi connectivity index (χ3n) is 3.56. The van der Waals surface area contributed by atoms with E-state index in [-0.39, 0.29) is 0 Å². The maximum atomic E-state index is 9.34. The van der Waals surface area contributed by atoms with E-state index < -0.39 is 0 Å². The van der Waals surface area contributed by atoms with Crippen LogP contribution in [0.4, 0.5) is 0 Å². The van der Waals surface area contributed by atoms with Gasteiger partial charge in [0.25, 0.3) is 0 Å². The number of nitrogens with zero attached hydrogens (tertiary/aromatic N) is 1. The van der Waals surface area contributed by atoms with Crippen molar-refractivity contribution in [1.29, 1.82) is 0 Å². The predicted octanol–water partition coefficient (Wildman–Crippen LogP) is 2.73. The van der Waals surface area contributed by atoms with Crippen molar-refractivity contribution in [1.82, 2.24) is 4.90 Å². The van der Waals surface area contributed by atoms with Gasteiger partial charge in [-0.2, -0.15) is 0 Å². The van der Waals surface area contributed by atoms with Gasteiger partial charge in [-0.05, 0) is 43.5 Å². The average molecular weight is 254 g/mol. The van der Waals surface area contributed by atoms with Gasteiger partial charge in [-0.25, -0.2) is 0 Å². The Morgan fingerprint density at radius 3 is 2.71 bits per heavy atom. The van der Waals surface area contributed by atoms with E-state index >= 15 is 0 Å². The molecule has 1 aliphatic rings. The van der Waals surface area contributed by atoms with Crippen LogP contribution in [0.25, 0.3) is 0 Å². The second-order valence-electron chi connectivity index (χ2n) is 4.74. The van der Waals surface area contributed by atoms with E-state index in [9.17, 15) is 5.11 Å². The summed E-state index contributed by atoms with van der Waals surface area (Å²) in [6, 6.07) is 8.42. The molecule has 3 heteroatoms. The van der Waals surface area contributed by atoms with Crippen molar-refractivity contribution in [2.45, 2.75) is 31.7 Å². The van der Waals surface area contributed by atoms with Crippen LogP contribution in [0, 0.1) is 0 Å². The molecular weight excluding hydrogens is 234 g/mol. The molecule has 0 spiro atoms. The second kappa shape index (κ2) is 6.39. The molecule has 1 aromatic rings. The van der Waals surface area contributed by atoms with Crippen molar-refractivity contribution >= 4 is 11.6 Å². The summed E-state index contributed by atoms with van der Waals surface area (Å²) in [5.74, 6) is 0. The van der Waals surface area contributed by atoms with E-state index in [1.165, 1.54) is 18.4 Å². The smallest absolute Gasteiger partial charge is 0.0586 e. The molecule has 0 radical (unpaired) electrons. The van der Waals surface area contributed by atoms with Gasteiger partial charge in [-0.3, -0.25) is 4.90 Å². The van der Waals surface area contributed by atoms with E-state index in [2.05, 4.69) is 17.0 Å². The average Bonchev–Trinajstić information content (AvgIpc) is 2.38. The third-order valence-corrected chi connectivity index (χ3v) is 3.81. The molecule has 0 saturated carbocycles. The number of halogens is 1. The molecule has 17 heavy (non-hydrogen) atoms. The van der Waals surface area contributed by atoms with E-state index in [1.807, 2.05) is 12.1 Å². The number of benzene rings is 1. The summed E-state index contributed by atoms with van der Waals surface area (Å²) >= 11 is 5.86. The Hall–Kier alpha value is -0.570. The molecule has 0 amide bonds. The summed E-state index contributed by atoms with van der Waals surface area (Å²) in [7, 11) is 0. The van der Waals surface area contributed by atoms with Crippen molar-refractivity contribution in [2.24, 2.45) is 0 Å². The molecule has 1 saturated heterocycles. The van der Waals surface area contributed by atoms with E-state index in [0.29, 0.717) is 12.6 Å². The minimum absolute atomic E-state index is 0.292. The predicted molar refractivity (Wildman–Crippen MR) is 71.5 cm³/mol. The van der Waals surface area contributed by atoms with Crippen molar-refractivity contribution in [3.8, 4) is 0 Å². The van der Waals surface area contributed by atoms with Crippen molar-refractivity contribution < 1.29 is 5.11 Å². The molecular formula is C14H20ClNO. The Balaban J connectivity index is 1.86. The lowest BCUT2D eigenvalue weighted by atomic mass is 10.0. The van der Waals surface area contributed by atoms with Crippen LogP contribution in [-0.4, -0.2) is 35.7 Å². The minimum atomic E-state index is 0.292. The SMILES string of the molecule is OCC1CCCCN1CCc1ccc(Cl)cc1. The lowest BCUT2D eigenvalue weighted by Crippen LogP contribution is -2.42. The Labute approximate surface area is 108 Å². The highest BCUT2D eigenvalue weighted by molar-refractivity contribution is 6.30. The van der Waals surface area contributed by atoms with Crippen molar-refractivity contribution in [3.63, 3.8) is 0 Å². The molecule has 0 bridgehead atoms. The zero-order valence-corrected chi connectivity index (χ0v) is 10.9. The molecule has 94 valence electrons. The molecule has 1 atom stereocenters. The maximum absolute atomic E-state index is 9.34. The zero-order chi connectivity index (χ0) is 12.1. The topological polar surface area (TPSA) is 23.5 Å². The third kappa shape index (κ3) is 3.70. The van der Waals surface area contributed by atoms with Gasteiger partial charge in [0.2, 0.25) is 0 Å². The summed E-state index contributed by atoms with van der Waals surface area (Å²) in [6.07, 6.45) is 4.69. The summed E-state index contributed by atoms with van der Waals surface area (Å²) in [5.41, 5.74) is 1.32. The van der Waals surface area contributed by atoms with Crippen LogP contribution >= 0.6 is 11.6 Å². The summed E-state index contributed by atoms with van der Waals surface area (Å²) in [4.78, 5) is 2.41. The molecule has 0 aliphatic carbocycles. The lowest BCUT2D eigenvalue weighted by molar-refractivity contribution is 0.0913. The van der Waals surface area contributed by atoms with Crippen molar-refractivity contribution in [3.05, 3.63) is 34.9 Å². The maximum Gasteiger partial charge on any atom is 0.0586 e. The highest BCUT2D eigenvalue weighted by Gasteiger charge is 2.20. The van der Waals surface area contributed by atoms with Gasteiger partial charge in [0.15, 0.2) is 0 Å². The monoisotopic (exact) mass is 253 g/mol. The van der Waals surface area contributed by atoms with Crippen LogP contribution in [0.3, 0.4) is 0 Å². The molecule has 0 aromatic heterocycles. The van der Waals surface area contributed by atoms with Gasteiger partial charge in [-0.15, -0.1) is 0 Å². The summed E-state index contributed by atoms with van der Waals surface area (Å²) in [6.45, 7) is 2.45. The fourth-order valence-electron chi connectivity index (χ4n) is 2.48. The van der Waals surface area contributed by atoms with Gasteiger partial charge in [-0.1, -0.05) is 30.2 Å². The van der Waals surface area contributed by atoms with Crippen molar-refractivity contribution in [2.75, 3.05) is 19.7 Å². The van der Waals surface area contributed by atoms with Gasteiger partial charge >= 0.3 is 0 Å². The molecule has 1 aliphatic heterocycles. The Bertz CT molecular complexity index is 339. The van der Waals surface area contributed by atoms with Crippen LogP contribution in [0.15, 0.2) is 24.3 Å². The number of aliphatic hydroxyl groups excluding tert-OH is 1. The fraction of sp³-hybridized carbons (Fsp3) is 0.571. The van der Waals surface area contributed by atoms with Gasteiger partial charge in [0.1, 0.15) is 0 Å². The fourth-order valence-corrected chi connectivity index (χ4v) is 2.61. The van der Waals surface area contributed by atoms with Crippen LogP contribution in [0.2, 0.25) is 5.02 Å². The summed E-state index contributed by atoms with van der Waals surface area (Å²) < 4.78 is 0. The zero-order valence-electron chi connectivity index (χ0n) is 10.1. The Morgan fingerprint density at radius 2 is 2.00 bits per heavy atom. The van der Waals surface area contributed by atoms with E-state index in [0.717, 1.165) is 31.0 Å². The summed E-state index contributed by atoms with van der Waals surface area (Å²) in [5, 5.41) is 10.1. The first-order valence-corrected chi connectivity index (χ1v) is 6.77. The first-order chi connectivity index (χ1) is 8.29. The van der Waals surface area contributed by atoms with Crippen LogP contribution in [0.1, 0.15) is 24.8 Å². The molecule has 2 rings (SSSR count). The van der Waals surface area contributed by atoms with Crippen LogP contribution < -0.4 is 0 Å². The number of hydrogen-bond acceptors (Lipinski definition) is 2. The standard InChI is InChI=1S/C14H20ClNO/c15-13-6-4-12(5-7-13)8-10-16-9-2-1-3-14(16)11-17/h4-7,14,17H,1-3,8-11H2. The van der Waals surface area contributed by atoms with Crippen LogP contribution in [0.5, 0.6) is 0 Å². The number of likely N-dealkylation sites (tertiary alicyclic amines) is 1. The Kier molecular flexibility index (Phi) is 4.84.